The normalized spacial score (nSPS) is 16.1. The van der Waals surface area contributed by atoms with Gasteiger partial charge in [0.2, 0.25) is 0 Å². The van der Waals surface area contributed by atoms with Crippen molar-refractivity contribution in [2.45, 2.75) is 39.3 Å². The van der Waals surface area contributed by atoms with Gasteiger partial charge in [-0.3, -0.25) is 0 Å². The Hall–Kier alpha value is -0.860. The molecule has 0 bridgehead atoms. The Morgan fingerprint density at radius 1 is 1.24 bits per heavy atom. The first-order valence-corrected chi connectivity index (χ1v) is 6.51. The number of hydrogen-bond acceptors (Lipinski definition) is 2. The molecule has 0 amide bonds. The van der Waals surface area contributed by atoms with Crippen molar-refractivity contribution in [3.8, 4) is 0 Å². The number of benzene rings is 1. The summed E-state index contributed by atoms with van der Waals surface area (Å²) in [5.41, 5.74) is 1.47. The van der Waals surface area contributed by atoms with Gasteiger partial charge in [-0.15, -0.1) is 0 Å². The van der Waals surface area contributed by atoms with E-state index < -0.39 is 0 Å². The maximum Gasteiger partial charge on any atom is 0.0717 e. The molecular formula is C15H23NO. The van der Waals surface area contributed by atoms with Gasteiger partial charge in [-0.25, -0.2) is 0 Å². The number of ether oxygens (including phenoxy) is 1. The van der Waals surface area contributed by atoms with Crippen molar-refractivity contribution in [2.75, 3.05) is 13.2 Å². The lowest BCUT2D eigenvalue weighted by atomic mass is 9.95. The second-order valence-corrected chi connectivity index (χ2v) is 5.80. The molecule has 0 unspecified atom stereocenters. The zero-order chi connectivity index (χ0) is 12.1. The standard InChI is InChI=1S/C15H23NO/c1-15(2,11-16-14-8-9-14)12-17-10-13-6-4-3-5-7-13/h3-7,14,16H,8-12H2,1-2H3. The number of nitrogens with one attached hydrogen (secondary N) is 1. The van der Waals surface area contributed by atoms with E-state index in [1.54, 1.807) is 0 Å². The predicted molar refractivity (Wildman–Crippen MR) is 70.9 cm³/mol. The van der Waals surface area contributed by atoms with Gasteiger partial charge in [0.05, 0.1) is 13.2 Å². The molecule has 2 rings (SSSR count). The molecule has 1 aliphatic carbocycles. The summed E-state index contributed by atoms with van der Waals surface area (Å²) >= 11 is 0. The topological polar surface area (TPSA) is 21.3 Å². The Morgan fingerprint density at radius 2 is 1.94 bits per heavy atom. The smallest absolute Gasteiger partial charge is 0.0717 e. The van der Waals surface area contributed by atoms with Crippen molar-refractivity contribution in [1.29, 1.82) is 0 Å². The lowest BCUT2D eigenvalue weighted by molar-refractivity contribution is 0.0511. The van der Waals surface area contributed by atoms with E-state index in [2.05, 4.69) is 43.4 Å². The fraction of sp³-hybridized carbons (Fsp3) is 0.600. The van der Waals surface area contributed by atoms with Crippen molar-refractivity contribution in [2.24, 2.45) is 5.41 Å². The fourth-order valence-corrected chi connectivity index (χ4v) is 1.78. The second-order valence-electron chi connectivity index (χ2n) is 5.80. The average Bonchev–Trinajstić information content (AvgIpc) is 3.12. The molecule has 2 heteroatoms. The third-order valence-electron chi connectivity index (χ3n) is 3.05. The third kappa shape index (κ3) is 4.88. The van der Waals surface area contributed by atoms with Gasteiger partial charge in [-0.1, -0.05) is 44.2 Å². The number of hydrogen-bond donors (Lipinski definition) is 1. The maximum atomic E-state index is 5.80. The highest BCUT2D eigenvalue weighted by atomic mass is 16.5. The molecule has 1 aromatic carbocycles. The maximum absolute atomic E-state index is 5.80. The van der Waals surface area contributed by atoms with E-state index >= 15 is 0 Å². The highest BCUT2D eigenvalue weighted by molar-refractivity contribution is 5.13. The van der Waals surface area contributed by atoms with Gasteiger partial charge in [0.15, 0.2) is 0 Å². The van der Waals surface area contributed by atoms with Gasteiger partial charge < -0.3 is 10.1 Å². The van der Waals surface area contributed by atoms with E-state index in [1.165, 1.54) is 18.4 Å². The molecule has 1 fully saturated rings. The monoisotopic (exact) mass is 233 g/mol. The Bertz CT molecular complexity index is 330. The lowest BCUT2D eigenvalue weighted by Crippen LogP contribution is -2.34. The van der Waals surface area contributed by atoms with Gasteiger partial charge in [0.25, 0.3) is 0 Å². The quantitative estimate of drug-likeness (QED) is 0.781. The minimum absolute atomic E-state index is 0.220. The van der Waals surface area contributed by atoms with E-state index in [0.717, 1.165) is 19.2 Å². The first-order chi connectivity index (χ1) is 8.16. The molecule has 0 atom stereocenters. The zero-order valence-corrected chi connectivity index (χ0v) is 10.9. The van der Waals surface area contributed by atoms with Crippen LogP contribution in [0.15, 0.2) is 30.3 Å². The Balaban J connectivity index is 1.65. The summed E-state index contributed by atoms with van der Waals surface area (Å²) < 4.78 is 5.80. The van der Waals surface area contributed by atoms with Crippen LogP contribution in [0.4, 0.5) is 0 Å². The first kappa shape index (κ1) is 12.6. The number of rotatable bonds is 7. The Labute approximate surface area is 104 Å². The molecule has 1 aromatic rings. The van der Waals surface area contributed by atoms with Crippen LogP contribution in [0.1, 0.15) is 32.3 Å². The first-order valence-electron chi connectivity index (χ1n) is 6.51. The van der Waals surface area contributed by atoms with Gasteiger partial charge in [-0.05, 0) is 18.4 Å². The highest BCUT2D eigenvalue weighted by Gasteiger charge is 2.25. The zero-order valence-electron chi connectivity index (χ0n) is 10.9. The van der Waals surface area contributed by atoms with Crippen LogP contribution in [0, 0.1) is 5.41 Å². The minimum atomic E-state index is 0.220. The molecule has 17 heavy (non-hydrogen) atoms. The molecular weight excluding hydrogens is 210 g/mol. The van der Waals surface area contributed by atoms with Crippen LogP contribution in [0.3, 0.4) is 0 Å². The molecule has 0 aliphatic heterocycles. The third-order valence-corrected chi connectivity index (χ3v) is 3.05. The van der Waals surface area contributed by atoms with Gasteiger partial charge >= 0.3 is 0 Å². The van der Waals surface area contributed by atoms with E-state index in [1.807, 2.05) is 6.07 Å². The van der Waals surface area contributed by atoms with E-state index in [0.29, 0.717) is 6.61 Å². The van der Waals surface area contributed by atoms with Crippen LogP contribution in [-0.2, 0) is 11.3 Å². The summed E-state index contributed by atoms with van der Waals surface area (Å²) in [6.07, 6.45) is 2.70. The largest absolute Gasteiger partial charge is 0.376 e. The van der Waals surface area contributed by atoms with Crippen LogP contribution < -0.4 is 5.32 Å². The van der Waals surface area contributed by atoms with Crippen molar-refractivity contribution in [3.63, 3.8) is 0 Å². The molecule has 2 nitrogen and oxygen atoms in total. The minimum Gasteiger partial charge on any atom is -0.376 e. The van der Waals surface area contributed by atoms with Gasteiger partial charge in [-0.2, -0.15) is 0 Å². The molecule has 0 saturated heterocycles. The average molecular weight is 233 g/mol. The molecule has 0 heterocycles. The second kappa shape index (κ2) is 5.65. The van der Waals surface area contributed by atoms with Crippen molar-refractivity contribution >= 4 is 0 Å². The Kier molecular flexibility index (Phi) is 4.19. The van der Waals surface area contributed by atoms with Gasteiger partial charge in [0.1, 0.15) is 0 Å². The van der Waals surface area contributed by atoms with E-state index in [-0.39, 0.29) is 5.41 Å². The molecule has 1 saturated carbocycles. The fourth-order valence-electron chi connectivity index (χ4n) is 1.78. The molecule has 94 valence electrons. The van der Waals surface area contributed by atoms with E-state index in [9.17, 15) is 0 Å². The van der Waals surface area contributed by atoms with Gasteiger partial charge in [0, 0.05) is 18.0 Å². The highest BCUT2D eigenvalue weighted by Crippen LogP contribution is 2.22. The van der Waals surface area contributed by atoms with Crippen LogP contribution in [0.25, 0.3) is 0 Å². The van der Waals surface area contributed by atoms with Crippen LogP contribution >= 0.6 is 0 Å². The summed E-state index contributed by atoms with van der Waals surface area (Å²) in [6.45, 7) is 7.09. The molecule has 0 aromatic heterocycles. The summed E-state index contributed by atoms with van der Waals surface area (Å²) in [5, 5.41) is 3.57. The SMILES string of the molecule is CC(C)(CNC1CC1)COCc1ccccc1. The molecule has 1 aliphatic rings. The summed E-state index contributed by atoms with van der Waals surface area (Å²) in [7, 11) is 0. The van der Waals surface area contributed by atoms with Crippen molar-refractivity contribution < 1.29 is 4.74 Å². The lowest BCUT2D eigenvalue weighted by Gasteiger charge is -2.25. The predicted octanol–water partition coefficient (Wildman–Crippen LogP) is 2.98. The molecule has 0 spiro atoms. The molecule has 1 N–H and O–H groups in total. The van der Waals surface area contributed by atoms with Crippen molar-refractivity contribution in [3.05, 3.63) is 35.9 Å². The summed E-state index contributed by atoms with van der Waals surface area (Å²) in [5.74, 6) is 0. The van der Waals surface area contributed by atoms with Crippen molar-refractivity contribution in [1.82, 2.24) is 5.32 Å². The van der Waals surface area contributed by atoms with Crippen LogP contribution in [0.2, 0.25) is 0 Å². The summed E-state index contributed by atoms with van der Waals surface area (Å²) in [6, 6.07) is 11.1. The Morgan fingerprint density at radius 3 is 2.59 bits per heavy atom. The van der Waals surface area contributed by atoms with Crippen LogP contribution in [0.5, 0.6) is 0 Å². The summed E-state index contributed by atoms with van der Waals surface area (Å²) in [4.78, 5) is 0. The van der Waals surface area contributed by atoms with Crippen LogP contribution in [-0.4, -0.2) is 19.2 Å². The van der Waals surface area contributed by atoms with E-state index in [4.69, 9.17) is 4.74 Å². The molecule has 0 radical (unpaired) electrons.